The number of carbonyl (C=O) groups excluding carboxylic acids is 2. The van der Waals surface area contributed by atoms with E-state index in [0.29, 0.717) is 22.6 Å². The molecule has 0 amide bonds. The number of carbonyl (C=O) groups is 2. The summed E-state index contributed by atoms with van der Waals surface area (Å²) >= 11 is 0. The molecule has 0 atom stereocenters. The fourth-order valence-electron chi connectivity index (χ4n) is 4.26. The van der Waals surface area contributed by atoms with Crippen LogP contribution < -0.4 is 0 Å². The molecule has 0 spiro atoms. The Bertz CT molecular complexity index is 836. The fourth-order valence-corrected chi connectivity index (χ4v) is 4.26. The van der Waals surface area contributed by atoms with Crippen molar-refractivity contribution in [2.24, 2.45) is 0 Å². The average molecular weight is 435 g/mol. The molecular formula is C28H34O4. The molecule has 32 heavy (non-hydrogen) atoms. The Hall–Kier alpha value is -2.88. The van der Waals surface area contributed by atoms with Gasteiger partial charge < -0.3 is 9.47 Å². The first-order chi connectivity index (χ1) is 15.6. The van der Waals surface area contributed by atoms with Crippen LogP contribution in [0.1, 0.15) is 98.8 Å². The van der Waals surface area contributed by atoms with Crippen molar-refractivity contribution in [2.45, 2.75) is 78.1 Å². The molecule has 2 aliphatic rings. The van der Waals surface area contributed by atoms with E-state index in [-0.39, 0.29) is 0 Å². The van der Waals surface area contributed by atoms with Crippen LogP contribution in [0.2, 0.25) is 0 Å². The third-order valence-electron chi connectivity index (χ3n) is 6.01. The van der Waals surface area contributed by atoms with E-state index in [0.717, 1.165) is 51.4 Å². The molecular weight excluding hydrogens is 400 g/mol. The molecule has 2 saturated carbocycles. The highest BCUT2D eigenvalue weighted by Gasteiger charge is 2.18. The van der Waals surface area contributed by atoms with Gasteiger partial charge in [0.2, 0.25) is 0 Å². The second kappa shape index (κ2) is 12.2. The maximum Gasteiger partial charge on any atom is 0.343 e. The van der Waals surface area contributed by atoms with Crippen molar-refractivity contribution in [3.63, 3.8) is 0 Å². The van der Waals surface area contributed by atoms with E-state index in [2.05, 4.69) is 0 Å². The molecule has 4 nitrogen and oxygen atoms in total. The SMILES string of the molecule is CC=CC(OC(=O)c1ccc(C(=O)OC(C=CC)=C2CCCCC2)cc1)=C1CCCCC1. The maximum atomic E-state index is 12.7. The van der Waals surface area contributed by atoms with E-state index in [4.69, 9.17) is 9.47 Å². The van der Waals surface area contributed by atoms with Gasteiger partial charge in [-0.1, -0.05) is 25.0 Å². The molecule has 0 aromatic heterocycles. The summed E-state index contributed by atoms with van der Waals surface area (Å²) in [6, 6.07) is 6.50. The van der Waals surface area contributed by atoms with Crippen LogP contribution in [-0.2, 0) is 9.47 Å². The second-order valence-electron chi connectivity index (χ2n) is 8.41. The molecule has 0 aliphatic heterocycles. The molecule has 0 bridgehead atoms. The van der Waals surface area contributed by atoms with E-state index in [1.165, 1.54) is 24.0 Å². The Labute approximate surface area is 191 Å². The lowest BCUT2D eigenvalue weighted by Gasteiger charge is -2.17. The minimum Gasteiger partial charge on any atom is -0.423 e. The number of benzene rings is 1. The molecule has 170 valence electrons. The molecule has 2 aliphatic carbocycles. The molecule has 4 heteroatoms. The molecule has 0 saturated heterocycles. The standard InChI is InChI=1S/C28H34O4/c1-3-11-25(21-13-7-5-8-14-21)31-27(29)23-17-19-24(20-18-23)28(30)32-26(12-4-2)22-15-9-6-10-16-22/h3-4,11-12,17-20H,5-10,13-16H2,1-2H3. The van der Waals surface area contributed by atoms with Gasteiger partial charge >= 0.3 is 11.9 Å². The van der Waals surface area contributed by atoms with Crippen LogP contribution in [0.25, 0.3) is 0 Å². The normalized spacial score (nSPS) is 16.9. The van der Waals surface area contributed by atoms with Gasteiger partial charge in [0.05, 0.1) is 11.1 Å². The zero-order valence-corrected chi connectivity index (χ0v) is 19.3. The van der Waals surface area contributed by atoms with Gasteiger partial charge in [0.15, 0.2) is 0 Å². The third kappa shape index (κ3) is 6.56. The molecule has 0 radical (unpaired) electrons. The minimum atomic E-state index is -0.407. The predicted molar refractivity (Wildman–Crippen MR) is 127 cm³/mol. The van der Waals surface area contributed by atoms with Gasteiger partial charge in [-0.2, -0.15) is 0 Å². The lowest BCUT2D eigenvalue weighted by Crippen LogP contribution is -2.10. The summed E-state index contributed by atoms with van der Waals surface area (Å²) in [5, 5.41) is 0. The van der Waals surface area contributed by atoms with Crippen molar-refractivity contribution < 1.29 is 19.1 Å². The third-order valence-corrected chi connectivity index (χ3v) is 6.01. The van der Waals surface area contributed by atoms with Gasteiger partial charge in [-0.15, -0.1) is 0 Å². The van der Waals surface area contributed by atoms with Crippen molar-refractivity contribution in [3.8, 4) is 0 Å². The highest BCUT2D eigenvalue weighted by molar-refractivity contribution is 5.94. The van der Waals surface area contributed by atoms with Crippen LogP contribution in [0.4, 0.5) is 0 Å². The molecule has 1 aromatic carbocycles. The number of hydrogen-bond acceptors (Lipinski definition) is 4. The summed E-state index contributed by atoms with van der Waals surface area (Å²) in [7, 11) is 0. The van der Waals surface area contributed by atoms with Crippen LogP contribution in [-0.4, -0.2) is 11.9 Å². The summed E-state index contributed by atoms with van der Waals surface area (Å²) in [5.74, 6) is 0.511. The van der Waals surface area contributed by atoms with Crippen LogP contribution in [0.5, 0.6) is 0 Å². The van der Waals surface area contributed by atoms with Crippen LogP contribution in [0.3, 0.4) is 0 Å². The van der Waals surface area contributed by atoms with E-state index in [1.54, 1.807) is 24.3 Å². The lowest BCUT2D eigenvalue weighted by molar-refractivity contribution is 0.0616. The van der Waals surface area contributed by atoms with E-state index in [9.17, 15) is 9.59 Å². The largest absolute Gasteiger partial charge is 0.423 e. The van der Waals surface area contributed by atoms with Crippen molar-refractivity contribution in [3.05, 3.63) is 82.4 Å². The van der Waals surface area contributed by atoms with Crippen LogP contribution in [0, 0.1) is 0 Å². The summed E-state index contributed by atoms with van der Waals surface area (Å²) in [5.41, 5.74) is 3.24. The van der Waals surface area contributed by atoms with E-state index >= 15 is 0 Å². The van der Waals surface area contributed by atoms with Crippen molar-refractivity contribution in [1.82, 2.24) is 0 Å². The summed E-state index contributed by atoms with van der Waals surface area (Å²) in [4.78, 5) is 25.4. The number of rotatable bonds is 6. The zero-order chi connectivity index (χ0) is 22.8. The summed E-state index contributed by atoms with van der Waals surface area (Å²) in [6.07, 6.45) is 18.4. The summed E-state index contributed by atoms with van der Waals surface area (Å²) < 4.78 is 11.4. The van der Waals surface area contributed by atoms with Gasteiger partial charge in [0.1, 0.15) is 11.5 Å². The fraction of sp³-hybridized carbons (Fsp3) is 0.429. The van der Waals surface area contributed by atoms with E-state index in [1.807, 2.05) is 38.2 Å². The van der Waals surface area contributed by atoms with Crippen LogP contribution >= 0.6 is 0 Å². The van der Waals surface area contributed by atoms with E-state index < -0.39 is 11.9 Å². The van der Waals surface area contributed by atoms with Crippen LogP contribution in [0.15, 0.2) is 71.2 Å². The monoisotopic (exact) mass is 434 g/mol. The highest BCUT2D eigenvalue weighted by atomic mass is 16.5. The predicted octanol–water partition coefficient (Wildman–Crippen LogP) is 7.59. The highest BCUT2D eigenvalue weighted by Crippen LogP contribution is 2.29. The first-order valence-electron chi connectivity index (χ1n) is 11.9. The van der Waals surface area contributed by atoms with Crippen molar-refractivity contribution >= 4 is 11.9 Å². The lowest BCUT2D eigenvalue weighted by atomic mass is 9.94. The Morgan fingerprint density at radius 3 is 1.28 bits per heavy atom. The molecule has 0 heterocycles. The zero-order valence-electron chi connectivity index (χ0n) is 19.3. The minimum absolute atomic E-state index is 0.407. The first kappa shape index (κ1) is 23.8. The number of esters is 2. The maximum absolute atomic E-state index is 12.7. The molecule has 2 fully saturated rings. The van der Waals surface area contributed by atoms with Crippen molar-refractivity contribution in [1.29, 1.82) is 0 Å². The number of ether oxygens (including phenoxy) is 2. The molecule has 1 aromatic rings. The smallest absolute Gasteiger partial charge is 0.343 e. The Morgan fingerprint density at radius 1 is 0.625 bits per heavy atom. The first-order valence-corrected chi connectivity index (χ1v) is 11.9. The quantitative estimate of drug-likeness (QED) is 0.342. The Morgan fingerprint density at radius 2 is 0.969 bits per heavy atom. The number of allylic oxidation sites excluding steroid dienone is 6. The molecule has 3 rings (SSSR count). The summed E-state index contributed by atoms with van der Waals surface area (Å²) in [6.45, 7) is 3.84. The molecule has 0 unspecified atom stereocenters. The Balaban J connectivity index is 1.69. The van der Waals surface area contributed by atoms with Gasteiger partial charge in [-0.25, -0.2) is 9.59 Å². The second-order valence-corrected chi connectivity index (χ2v) is 8.41. The Kier molecular flexibility index (Phi) is 9.09. The topological polar surface area (TPSA) is 52.6 Å². The van der Waals surface area contributed by atoms with Gasteiger partial charge in [-0.05, 0) is 113 Å². The average Bonchev–Trinajstić information content (AvgIpc) is 2.84. The number of hydrogen-bond donors (Lipinski definition) is 0. The van der Waals surface area contributed by atoms with Gasteiger partial charge in [0, 0.05) is 0 Å². The van der Waals surface area contributed by atoms with Crippen molar-refractivity contribution in [2.75, 3.05) is 0 Å². The van der Waals surface area contributed by atoms with Gasteiger partial charge in [-0.3, -0.25) is 0 Å². The molecule has 0 N–H and O–H groups in total. The van der Waals surface area contributed by atoms with Gasteiger partial charge in [0.25, 0.3) is 0 Å².